The van der Waals surface area contributed by atoms with Gasteiger partial charge in [-0.1, -0.05) is 36.4 Å². The molecular weight excluding hydrogens is 300 g/mol. The van der Waals surface area contributed by atoms with Crippen molar-refractivity contribution < 1.29 is 9.53 Å². The summed E-state index contributed by atoms with van der Waals surface area (Å²) in [6.07, 6.45) is 4.91. The van der Waals surface area contributed by atoms with Crippen molar-refractivity contribution in [3.8, 4) is 5.75 Å². The van der Waals surface area contributed by atoms with Gasteiger partial charge in [-0.15, -0.1) is 0 Å². The summed E-state index contributed by atoms with van der Waals surface area (Å²) in [6.45, 7) is 0.492. The summed E-state index contributed by atoms with van der Waals surface area (Å²) in [7, 11) is 0. The van der Waals surface area contributed by atoms with E-state index in [1.807, 2.05) is 48.5 Å². The van der Waals surface area contributed by atoms with Gasteiger partial charge in [0.2, 0.25) is 5.91 Å². The molecule has 0 aromatic heterocycles. The molecule has 1 aliphatic carbocycles. The van der Waals surface area contributed by atoms with E-state index in [-0.39, 0.29) is 5.91 Å². The van der Waals surface area contributed by atoms with E-state index in [1.165, 1.54) is 6.42 Å². The highest BCUT2D eigenvalue weighted by Crippen LogP contribution is 2.27. The van der Waals surface area contributed by atoms with E-state index in [2.05, 4.69) is 5.32 Å². The molecule has 0 radical (unpaired) electrons. The highest BCUT2D eigenvalue weighted by Gasteiger charge is 2.20. The molecule has 0 saturated heterocycles. The maximum absolute atomic E-state index is 12.1. The molecule has 1 aliphatic rings. The molecule has 3 rings (SSSR count). The first kappa shape index (κ1) is 16.4. The number of hydrogen-bond donors (Lipinski definition) is 2. The molecule has 0 unspecified atom stereocenters. The number of para-hydroxylation sites is 2. The van der Waals surface area contributed by atoms with E-state index in [4.69, 9.17) is 10.5 Å². The van der Waals surface area contributed by atoms with Crippen molar-refractivity contribution in [2.45, 2.75) is 44.8 Å². The minimum atomic E-state index is 0.0247. The summed E-state index contributed by atoms with van der Waals surface area (Å²) in [5, 5.41) is 2.98. The minimum Gasteiger partial charge on any atom is -0.490 e. The number of carbonyl (C=O) groups excluding carboxylic acids is 1. The third-order valence-electron chi connectivity index (χ3n) is 4.47. The SMILES string of the molecule is Nc1ccccc1CCC(=O)NCc1ccccc1OC1CCC1. The average molecular weight is 324 g/mol. The molecule has 1 amide bonds. The molecule has 4 heteroatoms. The van der Waals surface area contributed by atoms with Crippen molar-refractivity contribution in [3.05, 3.63) is 59.7 Å². The van der Waals surface area contributed by atoms with Gasteiger partial charge in [-0.25, -0.2) is 0 Å². The van der Waals surface area contributed by atoms with Gasteiger partial charge in [0, 0.05) is 24.2 Å². The molecule has 0 spiro atoms. The second-order valence-electron chi connectivity index (χ2n) is 6.25. The maximum Gasteiger partial charge on any atom is 0.220 e. The van der Waals surface area contributed by atoms with E-state index in [1.54, 1.807) is 0 Å². The second kappa shape index (κ2) is 7.86. The van der Waals surface area contributed by atoms with Crippen LogP contribution >= 0.6 is 0 Å². The highest BCUT2D eigenvalue weighted by atomic mass is 16.5. The van der Waals surface area contributed by atoms with Crippen molar-refractivity contribution in [1.29, 1.82) is 0 Å². The Hall–Kier alpha value is -2.49. The van der Waals surface area contributed by atoms with Crippen molar-refractivity contribution >= 4 is 11.6 Å². The van der Waals surface area contributed by atoms with Crippen LogP contribution in [-0.4, -0.2) is 12.0 Å². The van der Waals surface area contributed by atoms with Gasteiger partial charge in [0.15, 0.2) is 0 Å². The molecule has 2 aromatic rings. The third kappa shape index (κ3) is 4.28. The van der Waals surface area contributed by atoms with Gasteiger partial charge in [0.1, 0.15) is 5.75 Å². The van der Waals surface area contributed by atoms with Gasteiger partial charge < -0.3 is 15.8 Å². The fraction of sp³-hybridized carbons (Fsp3) is 0.350. The standard InChI is InChI=1S/C20H24N2O2/c21-18-10-3-1-6-15(18)12-13-20(23)22-14-16-7-2-4-11-19(16)24-17-8-5-9-17/h1-4,6-7,10-11,17H,5,8-9,12-14,21H2,(H,22,23). The Morgan fingerprint density at radius 3 is 2.50 bits per heavy atom. The van der Waals surface area contributed by atoms with Gasteiger partial charge in [-0.05, 0) is 43.4 Å². The monoisotopic (exact) mass is 324 g/mol. The number of aryl methyl sites for hydroxylation is 1. The number of hydrogen-bond acceptors (Lipinski definition) is 3. The Kier molecular flexibility index (Phi) is 5.36. The predicted molar refractivity (Wildman–Crippen MR) is 95.7 cm³/mol. The quantitative estimate of drug-likeness (QED) is 0.767. The van der Waals surface area contributed by atoms with Crippen LogP contribution in [0.1, 0.15) is 36.8 Å². The van der Waals surface area contributed by atoms with E-state index in [9.17, 15) is 4.79 Å². The molecule has 24 heavy (non-hydrogen) atoms. The maximum atomic E-state index is 12.1. The van der Waals surface area contributed by atoms with E-state index >= 15 is 0 Å². The summed E-state index contributed by atoms with van der Waals surface area (Å²) in [6, 6.07) is 15.6. The van der Waals surface area contributed by atoms with Gasteiger partial charge in [0.25, 0.3) is 0 Å². The molecule has 1 saturated carbocycles. The highest BCUT2D eigenvalue weighted by molar-refractivity contribution is 5.76. The summed E-state index contributed by atoms with van der Waals surface area (Å²) >= 11 is 0. The molecule has 2 aromatic carbocycles. The largest absolute Gasteiger partial charge is 0.490 e. The number of nitrogens with one attached hydrogen (secondary N) is 1. The minimum absolute atomic E-state index is 0.0247. The summed E-state index contributed by atoms with van der Waals surface area (Å²) in [5.74, 6) is 0.909. The van der Waals surface area contributed by atoms with Gasteiger partial charge in [-0.2, -0.15) is 0 Å². The zero-order valence-electron chi connectivity index (χ0n) is 13.8. The topological polar surface area (TPSA) is 64.4 Å². The Balaban J connectivity index is 1.50. The molecule has 1 fully saturated rings. The van der Waals surface area contributed by atoms with Gasteiger partial charge in [-0.3, -0.25) is 4.79 Å². The van der Waals surface area contributed by atoms with Crippen molar-refractivity contribution in [2.24, 2.45) is 0 Å². The van der Waals surface area contributed by atoms with Crippen molar-refractivity contribution in [3.63, 3.8) is 0 Å². The Labute approximate surface area is 143 Å². The van der Waals surface area contributed by atoms with Crippen molar-refractivity contribution in [1.82, 2.24) is 5.32 Å². The fourth-order valence-electron chi connectivity index (χ4n) is 2.73. The fourth-order valence-corrected chi connectivity index (χ4v) is 2.73. The molecule has 4 nitrogen and oxygen atoms in total. The lowest BCUT2D eigenvalue weighted by molar-refractivity contribution is -0.121. The first-order valence-corrected chi connectivity index (χ1v) is 8.57. The smallest absolute Gasteiger partial charge is 0.220 e. The van der Waals surface area contributed by atoms with E-state index < -0.39 is 0 Å². The van der Waals surface area contributed by atoms with E-state index in [0.29, 0.717) is 25.5 Å². The zero-order valence-corrected chi connectivity index (χ0v) is 13.8. The summed E-state index contributed by atoms with van der Waals surface area (Å²) in [5.41, 5.74) is 8.69. The van der Waals surface area contributed by atoms with Crippen LogP contribution in [0.5, 0.6) is 5.75 Å². The number of ether oxygens (including phenoxy) is 1. The third-order valence-corrected chi connectivity index (χ3v) is 4.47. The average Bonchev–Trinajstić information content (AvgIpc) is 2.56. The lowest BCUT2D eigenvalue weighted by Crippen LogP contribution is -2.26. The van der Waals surface area contributed by atoms with Crippen molar-refractivity contribution in [2.75, 3.05) is 5.73 Å². The normalized spacial score (nSPS) is 14.0. The first-order valence-electron chi connectivity index (χ1n) is 8.57. The van der Waals surface area contributed by atoms with E-state index in [0.717, 1.165) is 35.4 Å². The number of nitrogen functional groups attached to an aromatic ring is 1. The molecule has 3 N–H and O–H groups in total. The van der Waals surface area contributed by atoms with Crippen LogP contribution in [0, 0.1) is 0 Å². The zero-order chi connectivity index (χ0) is 16.8. The van der Waals surface area contributed by atoms with Crippen LogP contribution in [-0.2, 0) is 17.8 Å². The molecule has 126 valence electrons. The number of amides is 1. The first-order chi connectivity index (χ1) is 11.7. The number of carbonyl (C=O) groups is 1. The van der Waals surface area contributed by atoms with Crippen LogP contribution in [0.4, 0.5) is 5.69 Å². The lowest BCUT2D eigenvalue weighted by atomic mass is 9.96. The Bertz CT molecular complexity index is 696. The number of benzene rings is 2. The summed E-state index contributed by atoms with van der Waals surface area (Å²) in [4.78, 5) is 12.1. The van der Waals surface area contributed by atoms with Gasteiger partial charge in [0.05, 0.1) is 6.10 Å². The lowest BCUT2D eigenvalue weighted by Gasteiger charge is -2.27. The predicted octanol–water partition coefficient (Wildman–Crippen LogP) is 3.45. The number of anilines is 1. The van der Waals surface area contributed by atoms with Crippen LogP contribution in [0.2, 0.25) is 0 Å². The summed E-state index contributed by atoms with van der Waals surface area (Å²) < 4.78 is 5.99. The number of nitrogens with two attached hydrogens (primary N) is 1. The Morgan fingerprint density at radius 1 is 1.08 bits per heavy atom. The van der Waals surface area contributed by atoms with Gasteiger partial charge >= 0.3 is 0 Å². The van der Waals surface area contributed by atoms with Crippen LogP contribution in [0.15, 0.2) is 48.5 Å². The second-order valence-corrected chi connectivity index (χ2v) is 6.25. The number of rotatable bonds is 7. The molecular formula is C20H24N2O2. The molecule has 0 atom stereocenters. The Morgan fingerprint density at radius 2 is 1.79 bits per heavy atom. The van der Waals surface area contributed by atoms with Crippen LogP contribution < -0.4 is 15.8 Å². The molecule has 0 heterocycles. The van der Waals surface area contributed by atoms with Crippen LogP contribution in [0.3, 0.4) is 0 Å². The molecule has 0 aliphatic heterocycles. The van der Waals surface area contributed by atoms with Crippen LogP contribution in [0.25, 0.3) is 0 Å². The molecule has 0 bridgehead atoms.